The van der Waals surface area contributed by atoms with E-state index < -0.39 is 0 Å². The Kier molecular flexibility index (Phi) is 5.67. The molecule has 2 N–H and O–H groups in total. The van der Waals surface area contributed by atoms with Gasteiger partial charge in [-0.15, -0.1) is 5.10 Å². The van der Waals surface area contributed by atoms with Gasteiger partial charge in [-0.3, -0.25) is 9.69 Å². The molecule has 3 heterocycles. The lowest BCUT2D eigenvalue weighted by Crippen LogP contribution is -2.36. The zero-order valence-electron chi connectivity index (χ0n) is 18.3. The molecule has 4 rings (SSSR count). The Morgan fingerprint density at radius 1 is 1.29 bits per heavy atom. The average Bonchev–Trinajstić information content (AvgIpc) is 3.41. The molecule has 10 nitrogen and oxygen atoms in total. The molecule has 0 amide bonds. The number of nitrogens with one attached hydrogen (secondary N) is 1. The Hall–Kier alpha value is -2.98. The first-order valence-corrected chi connectivity index (χ1v) is 10.4. The molecule has 1 aliphatic rings. The van der Waals surface area contributed by atoms with Gasteiger partial charge in [-0.05, 0) is 49.8 Å². The first-order chi connectivity index (χ1) is 14.8. The van der Waals surface area contributed by atoms with Crippen molar-refractivity contribution in [2.24, 2.45) is 0 Å². The van der Waals surface area contributed by atoms with Crippen LogP contribution in [0.25, 0.3) is 10.9 Å². The summed E-state index contributed by atoms with van der Waals surface area (Å²) in [6.45, 7) is 9.06. The minimum atomic E-state index is -0.249. The molecule has 0 radical (unpaired) electrons. The molecular formula is C21H28N6O4. The number of pyridine rings is 1. The lowest BCUT2D eigenvalue weighted by molar-refractivity contribution is 0.137. The number of benzene rings is 1. The van der Waals surface area contributed by atoms with Gasteiger partial charge in [0.15, 0.2) is 17.3 Å². The number of H-pyrrole nitrogens is 1. The average molecular weight is 428 g/mol. The van der Waals surface area contributed by atoms with Crippen molar-refractivity contribution in [2.75, 3.05) is 19.9 Å². The molecule has 0 fully saturated rings. The second-order valence-corrected chi connectivity index (χ2v) is 8.40. The second-order valence-electron chi connectivity index (χ2n) is 8.40. The van der Waals surface area contributed by atoms with Crippen molar-refractivity contribution in [3.05, 3.63) is 39.9 Å². The highest BCUT2D eigenvalue weighted by atomic mass is 16.7. The number of aliphatic hydroxyl groups is 1. The summed E-state index contributed by atoms with van der Waals surface area (Å²) in [5.41, 5.74) is 0.838. The highest BCUT2D eigenvalue weighted by Crippen LogP contribution is 2.35. The van der Waals surface area contributed by atoms with Gasteiger partial charge in [-0.2, -0.15) is 0 Å². The Morgan fingerprint density at radius 2 is 2.03 bits per heavy atom. The monoisotopic (exact) mass is 428 g/mol. The van der Waals surface area contributed by atoms with Crippen LogP contribution in [0.4, 0.5) is 0 Å². The lowest BCUT2D eigenvalue weighted by atomic mass is 10.0. The van der Waals surface area contributed by atoms with Crippen LogP contribution in [0.5, 0.6) is 11.5 Å². The number of hydrogen-bond acceptors (Lipinski definition) is 8. The molecule has 1 aromatic carbocycles. The SMILES string of the molecule is CCC(C)(C)n1nnnc1C(C)N(CCO)Cc1cc2cc3c(cc2[nH]c1=O)OCO3. The zero-order valence-corrected chi connectivity index (χ0v) is 18.3. The number of aromatic nitrogens is 5. The third-order valence-corrected chi connectivity index (χ3v) is 6.03. The summed E-state index contributed by atoms with van der Waals surface area (Å²) in [4.78, 5) is 17.7. The first-order valence-electron chi connectivity index (χ1n) is 10.4. The van der Waals surface area contributed by atoms with Crippen LogP contribution in [0.3, 0.4) is 0 Å². The summed E-state index contributed by atoms with van der Waals surface area (Å²) in [5.74, 6) is 1.98. The molecule has 2 aromatic heterocycles. The molecule has 10 heteroatoms. The maximum Gasteiger partial charge on any atom is 0.252 e. The van der Waals surface area contributed by atoms with Gasteiger partial charge >= 0.3 is 0 Å². The van der Waals surface area contributed by atoms with E-state index in [-0.39, 0.29) is 30.5 Å². The van der Waals surface area contributed by atoms with Crippen LogP contribution >= 0.6 is 0 Å². The number of aliphatic hydroxyl groups excluding tert-OH is 1. The van der Waals surface area contributed by atoms with Crippen LogP contribution in [0.2, 0.25) is 0 Å². The van der Waals surface area contributed by atoms with Crippen molar-refractivity contribution in [3.8, 4) is 11.5 Å². The summed E-state index contributed by atoms with van der Waals surface area (Å²) in [5, 5.41) is 22.8. The summed E-state index contributed by atoms with van der Waals surface area (Å²) in [6, 6.07) is 5.28. The largest absolute Gasteiger partial charge is 0.454 e. The summed E-state index contributed by atoms with van der Waals surface area (Å²) in [6.07, 6.45) is 0.859. The lowest BCUT2D eigenvalue weighted by Gasteiger charge is -2.31. The Morgan fingerprint density at radius 3 is 2.74 bits per heavy atom. The highest BCUT2D eigenvalue weighted by molar-refractivity contribution is 5.83. The molecule has 0 bridgehead atoms. The van der Waals surface area contributed by atoms with Gasteiger partial charge in [0.05, 0.1) is 23.7 Å². The molecule has 1 unspecified atom stereocenters. The van der Waals surface area contributed by atoms with Gasteiger partial charge in [0.25, 0.3) is 5.56 Å². The van der Waals surface area contributed by atoms with Crippen molar-refractivity contribution < 1.29 is 14.6 Å². The van der Waals surface area contributed by atoms with Crippen LogP contribution < -0.4 is 15.0 Å². The maximum atomic E-state index is 12.8. The number of nitrogens with zero attached hydrogens (tertiary/aromatic N) is 5. The van der Waals surface area contributed by atoms with E-state index in [4.69, 9.17) is 9.47 Å². The van der Waals surface area contributed by atoms with Gasteiger partial charge in [0.1, 0.15) is 0 Å². The van der Waals surface area contributed by atoms with Gasteiger partial charge in [-0.25, -0.2) is 4.68 Å². The molecular weight excluding hydrogens is 400 g/mol. The van der Waals surface area contributed by atoms with Gasteiger partial charge in [-0.1, -0.05) is 6.92 Å². The topological polar surface area (TPSA) is 118 Å². The van der Waals surface area contributed by atoms with Crippen molar-refractivity contribution in [1.82, 2.24) is 30.1 Å². The maximum absolute atomic E-state index is 12.8. The van der Waals surface area contributed by atoms with Crippen LogP contribution in [0, 0.1) is 0 Å². The fourth-order valence-electron chi connectivity index (χ4n) is 3.71. The van der Waals surface area contributed by atoms with Crippen LogP contribution in [0.15, 0.2) is 23.0 Å². The Balaban J connectivity index is 1.67. The molecule has 3 aromatic rings. The van der Waals surface area contributed by atoms with E-state index in [0.717, 1.165) is 11.8 Å². The second kappa shape index (κ2) is 8.27. The number of aromatic amines is 1. The summed E-state index contributed by atoms with van der Waals surface area (Å²) in [7, 11) is 0. The standard InChI is InChI=1S/C21H28N6O4/c1-5-21(3,4)27-19(23-24-25-27)13(2)26(6-7-28)11-15-8-14-9-17-18(31-12-30-17)10-16(14)22-20(15)29/h8-10,13,28H,5-7,11-12H2,1-4H3,(H,22,29). The minimum Gasteiger partial charge on any atom is -0.454 e. The van der Waals surface area contributed by atoms with E-state index in [9.17, 15) is 9.90 Å². The summed E-state index contributed by atoms with van der Waals surface area (Å²) < 4.78 is 12.7. The zero-order chi connectivity index (χ0) is 22.2. The predicted octanol–water partition coefficient (Wildman–Crippen LogP) is 1.94. The predicted molar refractivity (Wildman–Crippen MR) is 114 cm³/mol. The van der Waals surface area contributed by atoms with E-state index in [1.807, 2.05) is 28.6 Å². The molecule has 0 spiro atoms. The van der Waals surface area contributed by atoms with Crippen molar-refractivity contribution in [2.45, 2.75) is 52.2 Å². The quantitative estimate of drug-likeness (QED) is 0.559. The molecule has 0 saturated carbocycles. The summed E-state index contributed by atoms with van der Waals surface area (Å²) >= 11 is 0. The molecule has 166 valence electrons. The molecule has 1 aliphatic heterocycles. The number of fused-ring (bicyclic) bond motifs is 2. The third kappa shape index (κ3) is 4.00. The Labute approximate surface area is 179 Å². The van der Waals surface area contributed by atoms with Crippen LogP contribution in [-0.4, -0.2) is 55.1 Å². The minimum absolute atomic E-state index is 0.0484. The number of rotatable bonds is 8. The smallest absolute Gasteiger partial charge is 0.252 e. The fraction of sp³-hybridized carbons (Fsp3) is 0.524. The van der Waals surface area contributed by atoms with E-state index in [0.29, 0.717) is 41.5 Å². The van der Waals surface area contributed by atoms with Crippen molar-refractivity contribution >= 4 is 10.9 Å². The first kappa shape index (κ1) is 21.3. The fourth-order valence-corrected chi connectivity index (χ4v) is 3.71. The van der Waals surface area contributed by atoms with Crippen molar-refractivity contribution in [1.29, 1.82) is 0 Å². The van der Waals surface area contributed by atoms with Crippen LogP contribution in [0.1, 0.15) is 51.5 Å². The van der Waals surface area contributed by atoms with Gasteiger partial charge in [0.2, 0.25) is 6.79 Å². The normalized spacial score (nSPS) is 14.5. The highest BCUT2D eigenvalue weighted by Gasteiger charge is 2.29. The van der Waals surface area contributed by atoms with E-state index in [2.05, 4.69) is 41.3 Å². The molecule has 0 aliphatic carbocycles. The number of ether oxygens (including phenoxy) is 2. The molecule has 0 saturated heterocycles. The molecule has 1 atom stereocenters. The van der Waals surface area contributed by atoms with E-state index >= 15 is 0 Å². The van der Waals surface area contributed by atoms with Crippen molar-refractivity contribution in [3.63, 3.8) is 0 Å². The molecule has 31 heavy (non-hydrogen) atoms. The Bertz CT molecular complexity index is 1140. The van der Waals surface area contributed by atoms with Crippen LogP contribution in [-0.2, 0) is 12.1 Å². The van der Waals surface area contributed by atoms with E-state index in [1.54, 1.807) is 6.07 Å². The van der Waals surface area contributed by atoms with Gasteiger partial charge < -0.3 is 19.6 Å². The number of hydrogen-bond donors (Lipinski definition) is 2. The van der Waals surface area contributed by atoms with E-state index in [1.165, 1.54) is 0 Å². The van der Waals surface area contributed by atoms with Gasteiger partial charge in [0, 0.05) is 30.1 Å². The number of tetrazole rings is 1. The third-order valence-electron chi connectivity index (χ3n) is 6.03.